The monoisotopic (exact) mass is 391 g/mol. The summed E-state index contributed by atoms with van der Waals surface area (Å²) in [5.41, 5.74) is 1.06. The van der Waals surface area contributed by atoms with Gasteiger partial charge in [0.05, 0.1) is 25.9 Å². The average Bonchev–Trinajstić information content (AvgIpc) is 2.67. The standard InChI is InChI=1S/C21H37N5O2/c1-6-22-21(24-14-18-7-8-20(23-13-18)28-17(4)5)25-15-19(16(2)3)26-9-11-27-12-10-26/h7-8,13,16-17,19H,6,9-12,14-15H2,1-5H3,(H2,22,24,25). The maximum absolute atomic E-state index is 5.59. The van der Waals surface area contributed by atoms with Gasteiger partial charge in [-0.1, -0.05) is 19.9 Å². The van der Waals surface area contributed by atoms with Gasteiger partial charge in [0.2, 0.25) is 5.88 Å². The van der Waals surface area contributed by atoms with Crippen LogP contribution in [0.25, 0.3) is 0 Å². The van der Waals surface area contributed by atoms with Gasteiger partial charge in [0, 0.05) is 44.5 Å². The van der Waals surface area contributed by atoms with Gasteiger partial charge in [-0.15, -0.1) is 0 Å². The summed E-state index contributed by atoms with van der Waals surface area (Å²) in [7, 11) is 0. The molecule has 1 fully saturated rings. The number of nitrogens with one attached hydrogen (secondary N) is 2. The van der Waals surface area contributed by atoms with Crippen molar-refractivity contribution in [3.63, 3.8) is 0 Å². The van der Waals surface area contributed by atoms with Crippen molar-refractivity contribution in [3.05, 3.63) is 23.9 Å². The number of morpholine rings is 1. The van der Waals surface area contributed by atoms with Crippen molar-refractivity contribution in [2.75, 3.05) is 39.4 Å². The number of hydrogen-bond acceptors (Lipinski definition) is 5. The number of pyridine rings is 1. The molecule has 1 unspecified atom stereocenters. The Hall–Kier alpha value is -1.86. The van der Waals surface area contributed by atoms with Crippen LogP contribution in [0.3, 0.4) is 0 Å². The van der Waals surface area contributed by atoms with Crippen LogP contribution >= 0.6 is 0 Å². The minimum absolute atomic E-state index is 0.126. The number of aliphatic imine (C=N–C) groups is 1. The van der Waals surface area contributed by atoms with Crippen molar-refractivity contribution >= 4 is 5.96 Å². The third-order valence-corrected chi connectivity index (χ3v) is 4.68. The van der Waals surface area contributed by atoms with Crippen molar-refractivity contribution in [1.82, 2.24) is 20.5 Å². The first-order chi connectivity index (χ1) is 13.5. The van der Waals surface area contributed by atoms with Crippen molar-refractivity contribution in [1.29, 1.82) is 0 Å². The number of hydrogen-bond donors (Lipinski definition) is 2. The molecule has 0 aliphatic carbocycles. The Morgan fingerprint density at radius 2 is 1.96 bits per heavy atom. The topological polar surface area (TPSA) is 71.0 Å². The van der Waals surface area contributed by atoms with Gasteiger partial charge in [-0.25, -0.2) is 9.98 Å². The zero-order valence-electron chi connectivity index (χ0n) is 18.1. The van der Waals surface area contributed by atoms with Crippen LogP contribution in [0.4, 0.5) is 0 Å². The molecule has 0 amide bonds. The third kappa shape index (κ3) is 7.64. The van der Waals surface area contributed by atoms with Crippen LogP contribution in [0.1, 0.15) is 40.2 Å². The highest BCUT2D eigenvalue weighted by atomic mass is 16.5. The second-order valence-corrected chi connectivity index (χ2v) is 7.71. The molecule has 0 saturated carbocycles. The molecule has 2 heterocycles. The van der Waals surface area contributed by atoms with E-state index in [0.29, 0.717) is 24.4 Å². The minimum atomic E-state index is 0.126. The fourth-order valence-electron chi connectivity index (χ4n) is 3.22. The lowest BCUT2D eigenvalue weighted by atomic mass is 10.0. The average molecular weight is 392 g/mol. The number of nitrogens with zero attached hydrogens (tertiary/aromatic N) is 3. The molecule has 2 rings (SSSR count). The normalized spacial score (nSPS) is 17.0. The molecule has 1 atom stereocenters. The number of guanidine groups is 1. The maximum Gasteiger partial charge on any atom is 0.213 e. The summed E-state index contributed by atoms with van der Waals surface area (Å²) in [6, 6.07) is 4.38. The van der Waals surface area contributed by atoms with Crippen LogP contribution in [0.15, 0.2) is 23.3 Å². The summed E-state index contributed by atoms with van der Waals surface area (Å²) in [6.07, 6.45) is 1.96. The maximum atomic E-state index is 5.59. The van der Waals surface area contributed by atoms with Crippen LogP contribution in [0.2, 0.25) is 0 Å². The summed E-state index contributed by atoms with van der Waals surface area (Å²) in [4.78, 5) is 11.6. The summed E-state index contributed by atoms with van der Waals surface area (Å²) >= 11 is 0. The highest BCUT2D eigenvalue weighted by Crippen LogP contribution is 2.13. The van der Waals surface area contributed by atoms with E-state index in [2.05, 4.69) is 41.3 Å². The van der Waals surface area contributed by atoms with Crippen molar-refractivity contribution < 1.29 is 9.47 Å². The minimum Gasteiger partial charge on any atom is -0.475 e. The molecule has 1 aliphatic heterocycles. The fraction of sp³-hybridized carbons (Fsp3) is 0.714. The van der Waals surface area contributed by atoms with E-state index >= 15 is 0 Å². The quantitative estimate of drug-likeness (QED) is 0.497. The second kappa shape index (κ2) is 11.9. The molecule has 1 aromatic heterocycles. The van der Waals surface area contributed by atoms with Gasteiger partial charge >= 0.3 is 0 Å². The predicted molar refractivity (Wildman–Crippen MR) is 114 cm³/mol. The molecule has 1 saturated heterocycles. The Balaban J connectivity index is 1.93. The molecular weight excluding hydrogens is 354 g/mol. The van der Waals surface area contributed by atoms with Gasteiger partial charge in [0.15, 0.2) is 5.96 Å². The third-order valence-electron chi connectivity index (χ3n) is 4.68. The largest absolute Gasteiger partial charge is 0.475 e. The van der Waals surface area contributed by atoms with Gasteiger partial charge in [0.1, 0.15) is 0 Å². The smallest absolute Gasteiger partial charge is 0.213 e. The molecule has 0 radical (unpaired) electrons. The number of rotatable bonds is 9. The van der Waals surface area contributed by atoms with E-state index in [9.17, 15) is 0 Å². The van der Waals surface area contributed by atoms with E-state index in [1.165, 1.54) is 0 Å². The zero-order valence-corrected chi connectivity index (χ0v) is 18.1. The van der Waals surface area contributed by atoms with E-state index in [4.69, 9.17) is 14.5 Å². The lowest BCUT2D eigenvalue weighted by Crippen LogP contribution is -2.52. The van der Waals surface area contributed by atoms with Crippen LogP contribution in [-0.4, -0.2) is 67.4 Å². The van der Waals surface area contributed by atoms with Crippen LogP contribution in [0, 0.1) is 5.92 Å². The van der Waals surface area contributed by atoms with E-state index in [-0.39, 0.29) is 6.10 Å². The predicted octanol–water partition coefficient (Wildman–Crippen LogP) is 2.28. The SMILES string of the molecule is CCNC(=NCc1ccc(OC(C)C)nc1)NCC(C(C)C)N1CCOCC1. The Bertz CT molecular complexity index is 583. The first-order valence-corrected chi connectivity index (χ1v) is 10.4. The first-order valence-electron chi connectivity index (χ1n) is 10.4. The van der Waals surface area contributed by atoms with E-state index in [1.54, 1.807) is 0 Å². The number of aromatic nitrogens is 1. The molecule has 0 bridgehead atoms. The summed E-state index contributed by atoms with van der Waals surface area (Å²) in [5, 5.41) is 6.86. The Labute approximate surface area is 169 Å². The van der Waals surface area contributed by atoms with Crippen molar-refractivity contribution in [2.45, 2.75) is 53.3 Å². The van der Waals surface area contributed by atoms with E-state index in [0.717, 1.165) is 50.9 Å². The molecule has 0 spiro atoms. The molecule has 1 aliphatic rings. The molecule has 7 nitrogen and oxygen atoms in total. The summed E-state index contributed by atoms with van der Waals surface area (Å²) in [5.74, 6) is 2.05. The molecular formula is C21H37N5O2. The second-order valence-electron chi connectivity index (χ2n) is 7.71. The molecule has 1 aromatic rings. The highest BCUT2D eigenvalue weighted by molar-refractivity contribution is 5.79. The van der Waals surface area contributed by atoms with Crippen LogP contribution in [0.5, 0.6) is 5.88 Å². The van der Waals surface area contributed by atoms with Gasteiger partial charge in [0.25, 0.3) is 0 Å². The van der Waals surface area contributed by atoms with Gasteiger partial charge in [-0.2, -0.15) is 0 Å². The molecule has 7 heteroatoms. The zero-order chi connectivity index (χ0) is 20.4. The lowest BCUT2D eigenvalue weighted by Gasteiger charge is -2.37. The first kappa shape index (κ1) is 22.4. The van der Waals surface area contributed by atoms with Crippen molar-refractivity contribution in [2.24, 2.45) is 10.9 Å². The van der Waals surface area contributed by atoms with E-state index in [1.807, 2.05) is 32.2 Å². The molecule has 0 aromatic carbocycles. The highest BCUT2D eigenvalue weighted by Gasteiger charge is 2.23. The Morgan fingerprint density at radius 3 is 2.54 bits per heavy atom. The van der Waals surface area contributed by atoms with Crippen LogP contribution in [-0.2, 0) is 11.3 Å². The van der Waals surface area contributed by atoms with Gasteiger partial charge in [-0.05, 0) is 32.3 Å². The summed E-state index contributed by atoms with van der Waals surface area (Å²) in [6.45, 7) is 16.5. The lowest BCUT2D eigenvalue weighted by molar-refractivity contribution is 0.00752. The Kier molecular flexibility index (Phi) is 9.50. The molecule has 2 N–H and O–H groups in total. The molecule has 28 heavy (non-hydrogen) atoms. The van der Waals surface area contributed by atoms with Crippen molar-refractivity contribution in [3.8, 4) is 5.88 Å². The molecule has 158 valence electrons. The van der Waals surface area contributed by atoms with Gasteiger partial charge in [-0.3, -0.25) is 4.90 Å². The van der Waals surface area contributed by atoms with E-state index < -0.39 is 0 Å². The van der Waals surface area contributed by atoms with Crippen LogP contribution < -0.4 is 15.4 Å². The Morgan fingerprint density at radius 1 is 1.21 bits per heavy atom. The number of ether oxygens (including phenoxy) is 2. The fourth-order valence-corrected chi connectivity index (χ4v) is 3.22. The summed E-state index contributed by atoms with van der Waals surface area (Å²) < 4.78 is 11.1. The van der Waals surface area contributed by atoms with Gasteiger partial charge < -0.3 is 20.1 Å².